The first kappa shape index (κ1) is 17.0. The van der Waals surface area contributed by atoms with Crippen LogP contribution in [0.5, 0.6) is 5.75 Å². The van der Waals surface area contributed by atoms with E-state index >= 15 is 0 Å². The number of halogens is 1. The van der Waals surface area contributed by atoms with Crippen molar-refractivity contribution in [3.05, 3.63) is 24.0 Å². The van der Waals surface area contributed by atoms with Crippen molar-refractivity contribution >= 4 is 11.7 Å². The van der Waals surface area contributed by atoms with E-state index in [2.05, 4.69) is 5.32 Å². The molecule has 2 unspecified atom stereocenters. The number of aliphatic hydroxyl groups is 1. The number of nitrogens with one attached hydrogen (secondary N) is 1. The fraction of sp³-hybridized carbons (Fsp3) is 0.611. The van der Waals surface area contributed by atoms with E-state index in [1.165, 1.54) is 18.2 Å². The molecule has 2 fully saturated rings. The monoisotopic (exact) mass is 336 g/mol. The van der Waals surface area contributed by atoms with Crippen LogP contribution in [0.3, 0.4) is 0 Å². The summed E-state index contributed by atoms with van der Waals surface area (Å²) >= 11 is 0. The molecule has 0 radical (unpaired) electrons. The number of hydrogen-bond acceptors (Lipinski definition) is 3. The molecule has 6 heteroatoms. The fourth-order valence-electron chi connectivity index (χ4n) is 3.09. The number of benzene rings is 1. The zero-order chi connectivity index (χ0) is 17.1. The average molecular weight is 336 g/mol. The molecule has 1 aromatic rings. The highest BCUT2D eigenvalue weighted by Gasteiger charge is 2.28. The summed E-state index contributed by atoms with van der Waals surface area (Å²) in [4.78, 5) is 13.9. The number of anilines is 1. The lowest BCUT2D eigenvalue weighted by Crippen LogP contribution is -2.37. The molecule has 2 aliphatic rings. The van der Waals surface area contributed by atoms with E-state index in [1.807, 2.05) is 0 Å². The van der Waals surface area contributed by atoms with Gasteiger partial charge in [0.1, 0.15) is 11.6 Å². The molecule has 24 heavy (non-hydrogen) atoms. The van der Waals surface area contributed by atoms with Crippen LogP contribution >= 0.6 is 0 Å². The highest BCUT2D eigenvalue weighted by molar-refractivity contribution is 5.90. The number of ether oxygens (including phenoxy) is 1. The van der Waals surface area contributed by atoms with E-state index in [0.29, 0.717) is 30.5 Å². The molecule has 0 bridgehead atoms. The van der Waals surface area contributed by atoms with Gasteiger partial charge in [0, 0.05) is 25.6 Å². The number of aliphatic hydroxyl groups excluding tert-OH is 1. The van der Waals surface area contributed by atoms with Crippen LogP contribution in [0.25, 0.3) is 0 Å². The molecule has 2 atom stereocenters. The molecular weight excluding hydrogens is 311 g/mol. The molecule has 1 aromatic carbocycles. The van der Waals surface area contributed by atoms with Crippen LogP contribution in [-0.2, 0) is 0 Å². The van der Waals surface area contributed by atoms with Crippen LogP contribution in [0.15, 0.2) is 18.2 Å². The minimum Gasteiger partial charge on any atom is -0.491 e. The van der Waals surface area contributed by atoms with E-state index in [9.17, 15) is 14.3 Å². The lowest BCUT2D eigenvalue weighted by molar-refractivity contribution is 0.116. The predicted molar refractivity (Wildman–Crippen MR) is 89.6 cm³/mol. The average Bonchev–Trinajstić information content (AvgIpc) is 3.30. The summed E-state index contributed by atoms with van der Waals surface area (Å²) in [5.74, 6) is 0.647. The Bertz CT molecular complexity index is 592. The first-order valence-corrected chi connectivity index (χ1v) is 8.65. The largest absolute Gasteiger partial charge is 0.491 e. The second-order valence-corrected chi connectivity index (χ2v) is 6.96. The van der Waals surface area contributed by atoms with Crippen LogP contribution in [0.1, 0.15) is 32.1 Å². The highest BCUT2D eigenvalue weighted by Crippen LogP contribution is 2.32. The van der Waals surface area contributed by atoms with E-state index in [1.54, 1.807) is 11.9 Å². The Morgan fingerprint density at radius 3 is 2.83 bits per heavy atom. The molecule has 0 saturated heterocycles. The highest BCUT2D eigenvalue weighted by atomic mass is 19.1. The first-order chi connectivity index (χ1) is 11.5. The van der Waals surface area contributed by atoms with E-state index in [0.717, 1.165) is 32.1 Å². The smallest absolute Gasteiger partial charge is 0.321 e. The number of nitrogens with zero attached hydrogens (tertiary/aromatic N) is 1. The van der Waals surface area contributed by atoms with Gasteiger partial charge < -0.3 is 20.1 Å². The third-order valence-electron chi connectivity index (χ3n) is 4.83. The lowest BCUT2D eigenvalue weighted by Gasteiger charge is -2.24. The number of hydrogen-bond donors (Lipinski definition) is 2. The molecule has 0 aliphatic heterocycles. The molecule has 0 aromatic heterocycles. The van der Waals surface area contributed by atoms with Crippen molar-refractivity contribution < 1.29 is 19.0 Å². The predicted octanol–water partition coefficient (Wildman–Crippen LogP) is 3.24. The Balaban J connectivity index is 1.59. The summed E-state index contributed by atoms with van der Waals surface area (Å²) in [5.41, 5.74) is 0.473. The molecule has 3 rings (SSSR count). The first-order valence-electron chi connectivity index (χ1n) is 8.65. The third kappa shape index (κ3) is 4.38. The second-order valence-electron chi connectivity index (χ2n) is 6.96. The van der Waals surface area contributed by atoms with Crippen LogP contribution in [0, 0.1) is 17.7 Å². The Kier molecular flexibility index (Phi) is 5.23. The lowest BCUT2D eigenvalue weighted by atomic mass is 10.1. The summed E-state index contributed by atoms with van der Waals surface area (Å²) in [6.45, 7) is 1.06. The summed E-state index contributed by atoms with van der Waals surface area (Å²) in [5, 5.41) is 12.7. The molecular formula is C18H25FN2O3. The number of rotatable bonds is 6. The normalized spacial score (nSPS) is 23.1. The van der Waals surface area contributed by atoms with Gasteiger partial charge in [-0.15, -0.1) is 0 Å². The maximum Gasteiger partial charge on any atom is 0.321 e. The van der Waals surface area contributed by atoms with Crippen molar-refractivity contribution in [3.8, 4) is 5.75 Å². The van der Waals surface area contributed by atoms with Gasteiger partial charge in [0.05, 0.1) is 18.4 Å². The van der Waals surface area contributed by atoms with Crippen LogP contribution in [0.4, 0.5) is 14.9 Å². The molecule has 2 amide bonds. The maximum absolute atomic E-state index is 13.5. The summed E-state index contributed by atoms with van der Waals surface area (Å²) in [6, 6.07) is 3.85. The van der Waals surface area contributed by atoms with Gasteiger partial charge in [-0.3, -0.25) is 0 Å². The van der Waals surface area contributed by atoms with Crippen molar-refractivity contribution in [1.29, 1.82) is 0 Å². The molecule has 2 saturated carbocycles. The molecule has 0 heterocycles. The topological polar surface area (TPSA) is 61.8 Å². The second kappa shape index (κ2) is 7.38. The number of carbonyl (C=O) groups excluding carboxylic acids is 1. The van der Waals surface area contributed by atoms with Gasteiger partial charge >= 0.3 is 6.03 Å². The standard InChI is InChI=1S/C18H25FN2O3/c1-21(10-13-3-2-4-16(13)22)18(23)20-15-8-7-14(19)9-17(15)24-11-12-5-6-12/h7-9,12-13,16,22H,2-6,10-11H2,1H3,(H,20,23). The Hall–Kier alpha value is -1.82. The van der Waals surface area contributed by atoms with Crippen LogP contribution in [0.2, 0.25) is 0 Å². The van der Waals surface area contributed by atoms with E-state index in [-0.39, 0.29) is 23.9 Å². The molecule has 2 aliphatic carbocycles. The third-order valence-corrected chi connectivity index (χ3v) is 4.83. The molecule has 132 valence electrons. The van der Waals surface area contributed by atoms with Gasteiger partial charge in [-0.25, -0.2) is 9.18 Å². The molecule has 5 nitrogen and oxygen atoms in total. The Morgan fingerprint density at radius 1 is 1.38 bits per heavy atom. The minimum atomic E-state index is -0.388. The zero-order valence-electron chi connectivity index (χ0n) is 14.0. The number of urea groups is 1. The van der Waals surface area contributed by atoms with Crippen LogP contribution < -0.4 is 10.1 Å². The number of carbonyl (C=O) groups is 1. The van der Waals surface area contributed by atoms with Gasteiger partial charge in [-0.1, -0.05) is 6.42 Å². The van der Waals surface area contributed by atoms with Crippen LogP contribution in [-0.4, -0.2) is 42.3 Å². The van der Waals surface area contributed by atoms with Gasteiger partial charge in [-0.2, -0.15) is 0 Å². The van der Waals surface area contributed by atoms with Gasteiger partial charge in [0.25, 0.3) is 0 Å². The maximum atomic E-state index is 13.5. The summed E-state index contributed by atoms with van der Waals surface area (Å²) in [7, 11) is 1.70. The fourth-order valence-corrected chi connectivity index (χ4v) is 3.09. The Labute approximate surface area is 141 Å². The Morgan fingerprint density at radius 2 is 2.17 bits per heavy atom. The quantitative estimate of drug-likeness (QED) is 0.838. The van der Waals surface area contributed by atoms with Gasteiger partial charge in [-0.05, 0) is 43.7 Å². The SMILES string of the molecule is CN(CC1CCCC1O)C(=O)Nc1ccc(F)cc1OCC1CC1. The van der Waals surface area contributed by atoms with E-state index in [4.69, 9.17) is 4.74 Å². The summed E-state index contributed by atoms with van der Waals surface area (Å²) < 4.78 is 19.1. The number of amides is 2. The molecule has 2 N–H and O–H groups in total. The van der Waals surface area contributed by atoms with Crippen molar-refractivity contribution in [1.82, 2.24) is 4.90 Å². The van der Waals surface area contributed by atoms with E-state index < -0.39 is 0 Å². The van der Waals surface area contributed by atoms with Crippen molar-refractivity contribution in [2.45, 2.75) is 38.2 Å². The zero-order valence-corrected chi connectivity index (χ0v) is 14.0. The summed E-state index contributed by atoms with van der Waals surface area (Å²) in [6.07, 6.45) is 4.69. The minimum absolute atomic E-state index is 0.125. The van der Waals surface area contributed by atoms with Gasteiger partial charge in [0.15, 0.2) is 0 Å². The van der Waals surface area contributed by atoms with Crippen molar-refractivity contribution in [2.75, 3.05) is 25.5 Å². The van der Waals surface area contributed by atoms with Gasteiger partial charge in [0.2, 0.25) is 0 Å². The van der Waals surface area contributed by atoms with Crippen molar-refractivity contribution in [3.63, 3.8) is 0 Å². The molecule has 0 spiro atoms. The van der Waals surface area contributed by atoms with Crippen molar-refractivity contribution in [2.24, 2.45) is 11.8 Å².